The lowest BCUT2D eigenvalue weighted by atomic mass is 9.71. The molecule has 0 fully saturated rings. The summed E-state index contributed by atoms with van der Waals surface area (Å²) in [4.78, 5) is 27.3. The van der Waals surface area contributed by atoms with E-state index in [4.69, 9.17) is 0 Å². The minimum absolute atomic E-state index is 0.0401. The van der Waals surface area contributed by atoms with Crippen LogP contribution in [0.2, 0.25) is 0 Å². The Morgan fingerprint density at radius 3 is 2.36 bits per heavy atom. The van der Waals surface area contributed by atoms with E-state index in [1.807, 2.05) is 51.1 Å². The second kappa shape index (κ2) is 5.24. The highest BCUT2D eigenvalue weighted by molar-refractivity contribution is 8.03. The summed E-state index contributed by atoms with van der Waals surface area (Å²) in [5.74, 6) is -0.0782. The number of ketones is 2. The van der Waals surface area contributed by atoms with E-state index in [1.54, 1.807) is 13.0 Å². The Balaban J connectivity index is 1.98. The lowest BCUT2D eigenvalue weighted by Gasteiger charge is -2.30. The maximum atomic E-state index is 12.8. The fourth-order valence-electron chi connectivity index (χ4n) is 3.32. The van der Waals surface area contributed by atoms with Crippen molar-refractivity contribution in [2.24, 2.45) is 17.3 Å². The Bertz CT molecular complexity index is 709. The monoisotopic (exact) mass is 312 g/mol. The highest BCUT2D eigenvalue weighted by Gasteiger charge is 2.54. The minimum atomic E-state index is -0.934. The highest BCUT2D eigenvalue weighted by atomic mass is 32.2. The average Bonchev–Trinajstić information content (AvgIpc) is 2.67. The molecule has 2 unspecified atom stereocenters. The molecule has 2 bridgehead atoms. The van der Waals surface area contributed by atoms with Gasteiger partial charge in [0.15, 0.2) is 11.6 Å². The van der Waals surface area contributed by atoms with Crippen LogP contribution in [0.5, 0.6) is 0 Å². The van der Waals surface area contributed by atoms with E-state index in [0.29, 0.717) is 0 Å². The van der Waals surface area contributed by atoms with E-state index in [2.05, 4.69) is 0 Å². The van der Waals surface area contributed by atoms with Crippen LogP contribution in [0.25, 0.3) is 0 Å². The van der Waals surface area contributed by atoms with Gasteiger partial charge in [-0.25, -0.2) is 0 Å². The quantitative estimate of drug-likeness (QED) is 0.615. The van der Waals surface area contributed by atoms with Gasteiger partial charge in [0.2, 0.25) is 0 Å². The van der Waals surface area contributed by atoms with Gasteiger partial charge in [-0.05, 0) is 43.5 Å². The van der Waals surface area contributed by atoms with Crippen LogP contribution >= 0.6 is 11.8 Å². The van der Waals surface area contributed by atoms with Crippen molar-refractivity contribution in [2.75, 3.05) is 0 Å². The zero-order chi connectivity index (χ0) is 16.1. The van der Waals surface area contributed by atoms with E-state index in [0.717, 1.165) is 15.4 Å². The molecule has 0 N–H and O–H groups in total. The molecule has 0 saturated heterocycles. The van der Waals surface area contributed by atoms with Gasteiger partial charge < -0.3 is 0 Å². The number of carbonyl (C=O) groups is 2. The lowest BCUT2D eigenvalue weighted by Crippen LogP contribution is -2.40. The molecule has 0 aromatic heterocycles. The average molecular weight is 312 g/mol. The van der Waals surface area contributed by atoms with Crippen LogP contribution in [-0.4, -0.2) is 11.6 Å². The molecule has 0 saturated carbocycles. The predicted octanol–water partition coefficient (Wildman–Crippen LogP) is 4.34. The molecular weight excluding hydrogens is 292 g/mol. The first kappa shape index (κ1) is 15.3. The molecular formula is C19H20O2S. The number of benzene rings is 1. The first-order valence-corrected chi connectivity index (χ1v) is 8.42. The van der Waals surface area contributed by atoms with Gasteiger partial charge in [-0.2, -0.15) is 0 Å². The number of thioether (sulfide) groups is 1. The van der Waals surface area contributed by atoms with Crippen LogP contribution in [0, 0.1) is 24.2 Å². The van der Waals surface area contributed by atoms with Crippen LogP contribution in [0.4, 0.5) is 0 Å². The number of rotatable bonds is 3. The van der Waals surface area contributed by atoms with Gasteiger partial charge in [-0.3, -0.25) is 9.59 Å². The third-order valence-electron chi connectivity index (χ3n) is 4.65. The smallest absolute Gasteiger partial charge is 0.173 e. The molecule has 0 spiro atoms. The first-order chi connectivity index (χ1) is 10.3. The third kappa shape index (κ3) is 2.19. The second-order valence-electron chi connectivity index (χ2n) is 6.57. The van der Waals surface area contributed by atoms with Crippen LogP contribution in [0.1, 0.15) is 26.3 Å². The van der Waals surface area contributed by atoms with Crippen molar-refractivity contribution in [1.82, 2.24) is 0 Å². The van der Waals surface area contributed by atoms with Crippen molar-refractivity contribution >= 4 is 23.3 Å². The molecule has 0 heterocycles. The van der Waals surface area contributed by atoms with E-state index in [9.17, 15) is 9.59 Å². The number of hydrogen-bond donors (Lipinski definition) is 0. The van der Waals surface area contributed by atoms with Gasteiger partial charge in [-0.1, -0.05) is 49.4 Å². The Labute approximate surface area is 135 Å². The Kier molecular flexibility index (Phi) is 3.64. The van der Waals surface area contributed by atoms with Gasteiger partial charge in [0.1, 0.15) is 5.41 Å². The zero-order valence-electron chi connectivity index (χ0n) is 13.3. The van der Waals surface area contributed by atoms with Gasteiger partial charge in [0, 0.05) is 9.80 Å². The molecule has 1 aromatic carbocycles. The minimum Gasteiger partial charge on any atom is -0.297 e. The summed E-state index contributed by atoms with van der Waals surface area (Å²) in [6, 6.07) is 8.16. The molecule has 3 heteroatoms. The van der Waals surface area contributed by atoms with Crippen molar-refractivity contribution in [3.8, 4) is 0 Å². The summed E-state index contributed by atoms with van der Waals surface area (Å²) in [6.07, 6.45) is 3.70. The number of fused-ring (bicyclic) bond motifs is 2. The summed E-state index contributed by atoms with van der Waals surface area (Å²) in [6.45, 7) is 7.92. The molecule has 2 aliphatic carbocycles. The number of carbonyl (C=O) groups excluding carboxylic acids is 2. The number of Topliss-reactive ketones (excluding diaryl/α,β-unsaturated/α-hetero) is 1. The van der Waals surface area contributed by atoms with E-state index < -0.39 is 5.41 Å². The van der Waals surface area contributed by atoms with Gasteiger partial charge in [0.05, 0.1) is 5.92 Å². The normalized spacial score (nSPS) is 27.2. The molecule has 2 nitrogen and oxygen atoms in total. The third-order valence-corrected chi connectivity index (χ3v) is 5.77. The number of allylic oxidation sites excluding steroid dienone is 4. The summed E-state index contributed by atoms with van der Waals surface area (Å²) in [5.41, 5.74) is 1.24. The van der Waals surface area contributed by atoms with Crippen molar-refractivity contribution < 1.29 is 9.59 Å². The molecule has 0 amide bonds. The molecule has 3 rings (SSSR count). The predicted molar refractivity (Wildman–Crippen MR) is 89.7 cm³/mol. The lowest BCUT2D eigenvalue weighted by molar-refractivity contribution is -0.135. The standard InChI is InChI=1S/C19H20O2S/c1-11(2)15-9-14-16(10-17(20)19(15,4)18(14)21)22-13-7-5-12(3)6-8-13/h5-11,14H,1-4H3. The first-order valence-electron chi connectivity index (χ1n) is 7.61. The van der Waals surface area contributed by atoms with Crippen molar-refractivity contribution in [3.05, 3.63) is 52.5 Å². The topological polar surface area (TPSA) is 34.1 Å². The summed E-state index contributed by atoms with van der Waals surface area (Å²) in [5, 5.41) is 0. The summed E-state index contributed by atoms with van der Waals surface area (Å²) >= 11 is 1.53. The summed E-state index contributed by atoms with van der Waals surface area (Å²) < 4.78 is 0. The molecule has 2 atom stereocenters. The van der Waals surface area contributed by atoms with Crippen LogP contribution in [0.15, 0.2) is 51.8 Å². The number of aryl methyl sites for hydroxylation is 1. The second-order valence-corrected chi connectivity index (χ2v) is 7.72. The molecule has 22 heavy (non-hydrogen) atoms. The fraction of sp³-hybridized carbons (Fsp3) is 0.368. The van der Waals surface area contributed by atoms with Gasteiger partial charge >= 0.3 is 0 Å². The molecule has 0 radical (unpaired) electrons. The SMILES string of the molecule is Cc1ccc(SC2=CC(=O)C3(C)C(=O)C2C=C3C(C)C)cc1. The fourth-order valence-corrected chi connectivity index (χ4v) is 4.33. The number of hydrogen-bond acceptors (Lipinski definition) is 3. The maximum Gasteiger partial charge on any atom is 0.173 e. The Hall–Kier alpha value is -1.61. The maximum absolute atomic E-state index is 12.8. The molecule has 1 aromatic rings. The van der Waals surface area contributed by atoms with Crippen molar-refractivity contribution in [2.45, 2.75) is 32.6 Å². The Morgan fingerprint density at radius 2 is 1.77 bits per heavy atom. The molecule has 2 aliphatic rings. The Morgan fingerprint density at radius 1 is 1.14 bits per heavy atom. The van der Waals surface area contributed by atoms with Crippen molar-refractivity contribution in [3.63, 3.8) is 0 Å². The van der Waals surface area contributed by atoms with Gasteiger partial charge in [-0.15, -0.1) is 0 Å². The van der Waals surface area contributed by atoms with Gasteiger partial charge in [0.25, 0.3) is 0 Å². The highest BCUT2D eigenvalue weighted by Crippen LogP contribution is 2.51. The van der Waals surface area contributed by atoms with E-state index >= 15 is 0 Å². The van der Waals surface area contributed by atoms with Crippen LogP contribution in [-0.2, 0) is 9.59 Å². The van der Waals surface area contributed by atoms with Crippen molar-refractivity contribution in [1.29, 1.82) is 0 Å². The van der Waals surface area contributed by atoms with E-state index in [-0.39, 0.29) is 23.4 Å². The zero-order valence-corrected chi connectivity index (χ0v) is 14.2. The van der Waals surface area contributed by atoms with Crippen LogP contribution in [0.3, 0.4) is 0 Å². The van der Waals surface area contributed by atoms with E-state index in [1.165, 1.54) is 17.3 Å². The largest absolute Gasteiger partial charge is 0.297 e. The van der Waals surface area contributed by atoms with Crippen LogP contribution < -0.4 is 0 Å². The molecule has 114 valence electrons. The molecule has 0 aliphatic heterocycles. The summed E-state index contributed by atoms with van der Waals surface area (Å²) in [7, 11) is 0.